The van der Waals surface area contributed by atoms with Crippen LogP contribution in [-0.4, -0.2) is 41.4 Å². The molecule has 1 saturated heterocycles. The average Bonchev–Trinajstić information content (AvgIpc) is 3.39. The van der Waals surface area contributed by atoms with Gasteiger partial charge in [0.1, 0.15) is 12.3 Å². The summed E-state index contributed by atoms with van der Waals surface area (Å²) in [6.45, 7) is 1.16. The van der Waals surface area contributed by atoms with Crippen molar-refractivity contribution in [3.63, 3.8) is 0 Å². The van der Waals surface area contributed by atoms with Crippen LogP contribution in [0.4, 0.5) is 4.79 Å². The SMILES string of the molecule is O=C1OCCN1C(=O)c1cc2cc3c(cc2n1Cc1ccccc1)OCO3. The maximum Gasteiger partial charge on any atom is 0.417 e. The third-order valence-electron chi connectivity index (χ3n) is 4.80. The summed E-state index contributed by atoms with van der Waals surface area (Å²) in [6.07, 6.45) is -0.606. The minimum Gasteiger partial charge on any atom is -0.454 e. The summed E-state index contributed by atoms with van der Waals surface area (Å²) in [5.74, 6) is 0.931. The number of nitrogens with zero attached hydrogens (tertiary/aromatic N) is 2. The van der Waals surface area contributed by atoms with E-state index in [0.29, 0.717) is 23.7 Å². The Morgan fingerprint density at radius 1 is 1.00 bits per heavy atom. The first kappa shape index (κ1) is 15.7. The first-order chi connectivity index (χ1) is 13.2. The fourth-order valence-electron chi connectivity index (χ4n) is 3.48. The van der Waals surface area contributed by atoms with E-state index in [2.05, 4.69) is 0 Å². The van der Waals surface area contributed by atoms with Crippen molar-refractivity contribution in [3.05, 3.63) is 59.8 Å². The summed E-state index contributed by atoms with van der Waals surface area (Å²) >= 11 is 0. The van der Waals surface area contributed by atoms with E-state index in [1.54, 1.807) is 6.07 Å². The minimum atomic E-state index is -0.606. The Bertz CT molecular complexity index is 1060. The number of aromatic nitrogens is 1. The van der Waals surface area contributed by atoms with E-state index in [1.165, 1.54) is 0 Å². The van der Waals surface area contributed by atoms with Gasteiger partial charge in [-0.2, -0.15) is 0 Å². The van der Waals surface area contributed by atoms with Crippen molar-refractivity contribution in [3.8, 4) is 11.5 Å². The number of hydrogen-bond donors (Lipinski definition) is 0. The topological polar surface area (TPSA) is 70.0 Å². The number of rotatable bonds is 3. The molecule has 0 radical (unpaired) electrons. The number of ether oxygens (including phenoxy) is 3. The quantitative estimate of drug-likeness (QED) is 0.715. The highest BCUT2D eigenvalue weighted by Crippen LogP contribution is 2.37. The molecule has 1 fully saturated rings. The molecule has 3 heterocycles. The van der Waals surface area contributed by atoms with Gasteiger partial charge in [0.15, 0.2) is 11.5 Å². The van der Waals surface area contributed by atoms with Gasteiger partial charge in [-0.1, -0.05) is 30.3 Å². The van der Waals surface area contributed by atoms with Crippen molar-refractivity contribution in [2.75, 3.05) is 19.9 Å². The lowest BCUT2D eigenvalue weighted by atomic mass is 10.2. The van der Waals surface area contributed by atoms with Crippen LogP contribution in [0.2, 0.25) is 0 Å². The summed E-state index contributed by atoms with van der Waals surface area (Å²) in [4.78, 5) is 26.0. The van der Waals surface area contributed by atoms with Crippen LogP contribution in [0.25, 0.3) is 10.9 Å². The van der Waals surface area contributed by atoms with E-state index in [-0.39, 0.29) is 25.9 Å². The third kappa shape index (κ3) is 2.59. The number of carbonyl (C=O) groups is 2. The smallest absolute Gasteiger partial charge is 0.417 e. The largest absolute Gasteiger partial charge is 0.454 e. The van der Waals surface area contributed by atoms with E-state index in [9.17, 15) is 9.59 Å². The van der Waals surface area contributed by atoms with Crippen LogP contribution >= 0.6 is 0 Å². The molecule has 7 nitrogen and oxygen atoms in total. The van der Waals surface area contributed by atoms with Crippen LogP contribution in [0.5, 0.6) is 11.5 Å². The lowest BCUT2D eigenvalue weighted by Crippen LogP contribution is -2.33. The fraction of sp³-hybridized carbons (Fsp3) is 0.200. The first-order valence-corrected chi connectivity index (χ1v) is 8.66. The van der Waals surface area contributed by atoms with Gasteiger partial charge in [0.2, 0.25) is 6.79 Å². The lowest BCUT2D eigenvalue weighted by Gasteiger charge is -2.14. The molecule has 2 aliphatic heterocycles. The zero-order valence-electron chi connectivity index (χ0n) is 14.4. The Morgan fingerprint density at radius 2 is 1.78 bits per heavy atom. The summed E-state index contributed by atoms with van der Waals surface area (Å²) < 4.78 is 17.8. The van der Waals surface area contributed by atoms with Crippen LogP contribution in [0.1, 0.15) is 16.1 Å². The minimum absolute atomic E-state index is 0.187. The number of carbonyl (C=O) groups excluding carboxylic acids is 2. The molecule has 27 heavy (non-hydrogen) atoms. The fourth-order valence-corrected chi connectivity index (χ4v) is 3.48. The van der Waals surface area contributed by atoms with Crippen LogP contribution < -0.4 is 9.47 Å². The summed E-state index contributed by atoms with van der Waals surface area (Å²) in [5.41, 5.74) is 2.32. The predicted molar refractivity (Wildman–Crippen MR) is 96.0 cm³/mol. The van der Waals surface area contributed by atoms with Gasteiger partial charge >= 0.3 is 6.09 Å². The lowest BCUT2D eigenvalue weighted by molar-refractivity contribution is 0.0800. The van der Waals surface area contributed by atoms with E-state index in [1.807, 2.05) is 47.0 Å². The van der Waals surface area contributed by atoms with Crippen molar-refractivity contribution < 1.29 is 23.8 Å². The van der Waals surface area contributed by atoms with Gasteiger partial charge in [-0.05, 0) is 17.7 Å². The van der Waals surface area contributed by atoms with Crippen molar-refractivity contribution in [1.82, 2.24) is 9.47 Å². The van der Waals surface area contributed by atoms with Crippen molar-refractivity contribution >= 4 is 22.9 Å². The third-order valence-corrected chi connectivity index (χ3v) is 4.80. The summed E-state index contributed by atoms with van der Waals surface area (Å²) in [5, 5.41) is 0.853. The second kappa shape index (κ2) is 6.05. The van der Waals surface area contributed by atoms with Gasteiger partial charge in [-0.3, -0.25) is 4.79 Å². The Kier molecular flexibility index (Phi) is 3.53. The van der Waals surface area contributed by atoms with Gasteiger partial charge < -0.3 is 18.8 Å². The molecule has 2 amide bonds. The maximum absolute atomic E-state index is 13.0. The predicted octanol–water partition coefficient (Wildman–Crippen LogP) is 3.01. The molecule has 0 spiro atoms. The molecule has 3 aromatic rings. The second-order valence-corrected chi connectivity index (χ2v) is 6.44. The molecule has 7 heteroatoms. The van der Waals surface area contributed by atoms with Crippen LogP contribution in [0.15, 0.2) is 48.5 Å². The summed E-state index contributed by atoms with van der Waals surface area (Å²) in [6, 6.07) is 15.4. The number of cyclic esters (lactones) is 1. The standard InChI is InChI=1S/C20H16N2O5/c23-19(21-6-7-25-20(21)24)16-8-14-9-17-18(27-12-26-17)10-15(14)22(16)11-13-4-2-1-3-5-13/h1-5,8-10H,6-7,11-12H2. The van der Waals surface area contributed by atoms with Gasteiger partial charge in [-0.25, -0.2) is 9.69 Å². The van der Waals surface area contributed by atoms with Gasteiger partial charge in [0.25, 0.3) is 5.91 Å². The Hall–Kier alpha value is -3.48. The highest BCUT2D eigenvalue weighted by atomic mass is 16.7. The molecule has 0 atom stereocenters. The van der Waals surface area contributed by atoms with Crippen LogP contribution in [-0.2, 0) is 11.3 Å². The van der Waals surface area contributed by atoms with Gasteiger partial charge in [0, 0.05) is 18.0 Å². The molecule has 0 bridgehead atoms. The highest BCUT2D eigenvalue weighted by molar-refractivity contribution is 6.06. The van der Waals surface area contributed by atoms with E-state index >= 15 is 0 Å². The summed E-state index contributed by atoms with van der Waals surface area (Å²) in [7, 11) is 0. The molecular formula is C20H16N2O5. The van der Waals surface area contributed by atoms with E-state index in [0.717, 1.165) is 21.4 Å². The maximum atomic E-state index is 13.0. The molecule has 0 aliphatic carbocycles. The number of imide groups is 1. The average molecular weight is 364 g/mol. The monoisotopic (exact) mass is 364 g/mol. The molecule has 1 aromatic heterocycles. The Morgan fingerprint density at radius 3 is 2.52 bits per heavy atom. The number of fused-ring (bicyclic) bond motifs is 2. The Labute approximate surface area is 154 Å². The molecule has 2 aromatic carbocycles. The molecular weight excluding hydrogens is 348 g/mol. The van der Waals surface area contributed by atoms with Crippen LogP contribution in [0.3, 0.4) is 0 Å². The highest BCUT2D eigenvalue weighted by Gasteiger charge is 2.32. The number of amides is 2. The second-order valence-electron chi connectivity index (χ2n) is 6.44. The van der Waals surface area contributed by atoms with Gasteiger partial charge in [0.05, 0.1) is 12.1 Å². The zero-order valence-corrected chi connectivity index (χ0v) is 14.4. The van der Waals surface area contributed by atoms with Crippen molar-refractivity contribution in [2.24, 2.45) is 0 Å². The van der Waals surface area contributed by atoms with E-state index < -0.39 is 6.09 Å². The van der Waals surface area contributed by atoms with Crippen molar-refractivity contribution in [2.45, 2.75) is 6.54 Å². The molecule has 0 N–H and O–H groups in total. The molecule has 0 unspecified atom stereocenters. The number of benzene rings is 2. The first-order valence-electron chi connectivity index (χ1n) is 8.66. The molecule has 2 aliphatic rings. The number of hydrogen-bond acceptors (Lipinski definition) is 5. The van der Waals surface area contributed by atoms with E-state index in [4.69, 9.17) is 14.2 Å². The van der Waals surface area contributed by atoms with Crippen LogP contribution in [0, 0.1) is 0 Å². The van der Waals surface area contributed by atoms with Crippen molar-refractivity contribution in [1.29, 1.82) is 0 Å². The van der Waals surface area contributed by atoms with Gasteiger partial charge in [-0.15, -0.1) is 0 Å². The molecule has 0 saturated carbocycles. The zero-order chi connectivity index (χ0) is 18.4. The molecule has 5 rings (SSSR count). The normalized spacial score (nSPS) is 15.4. The Balaban J connectivity index is 1.65. The molecule has 136 valence electrons.